The van der Waals surface area contributed by atoms with Gasteiger partial charge in [0, 0.05) is 76.1 Å². The summed E-state index contributed by atoms with van der Waals surface area (Å²) in [5.41, 5.74) is 0. The van der Waals surface area contributed by atoms with E-state index in [0.29, 0.717) is 6.42 Å². The maximum absolute atomic E-state index is 8.40. The van der Waals surface area contributed by atoms with Crippen molar-refractivity contribution in [3.05, 3.63) is 54.7 Å². The molecule has 0 bridgehead atoms. The molecule has 0 aliphatic heterocycles. The molecule has 0 atom stereocenters. The van der Waals surface area contributed by atoms with Crippen LogP contribution in [-0.4, -0.2) is 49.5 Å². The predicted octanol–water partition coefficient (Wildman–Crippen LogP) is 7.00. The van der Waals surface area contributed by atoms with E-state index in [9.17, 15) is 0 Å². The van der Waals surface area contributed by atoms with Crippen molar-refractivity contribution in [1.29, 1.82) is 0 Å². The van der Waals surface area contributed by atoms with Gasteiger partial charge in [-0.15, -0.1) is 0 Å². The van der Waals surface area contributed by atoms with Crippen LogP contribution in [-0.2, 0) is 38.9 Å². The van der Waals surface area contributed by atoms with Crippen molar-refractivity contribution in [1.82, 2.24) is 28.7 Å². The topological polar surface area (TPSA) is 114 Å². The fourth-order valence-electron chi connectivity index (χ4n) is 3.99. The van der Waals surface area contributed by atoms with Crippen LogP contribution in [0.4, 0.5) is 0 Å². The van der Waals surface area contributed by atoms with Crippen molar-refractivity contribution in [2.24, 2.45) is 0 Å². The van der Waals surface area contributed by atoms with E-state index in [4.69, 9.17) is 14.7 Å². The van der Waals surface area contributed by atoms with Crippen LogP contribution in [0, 0.1) is 0 Å². The van der Waals surface area contributed by atoms with Crippen LogP contribution in [0.1, 0.15) is 117 Å². The van der Waals surface area contributed by atoms with E-state index >= 15 is 0 Å². The van der Waals surface area contributed by atoms with Gasteiger partial charge in [-0.1, -0.05) is 40.0 Å². The summed E-state index contributed by atoms with van der Waals surface area (Å²) in [6.45, 7) is 18.1. The molecular formula is C31H61N6O3P. The number of aryl methyl sites for hydroxylation is 6. The van der Waals surface area contributed by atoms with Crippen molar-refractivity contribution in [2.45, 2.75) is 139 Å². The van der Waals surface area contributed by atoms with Gasteiger partial charge in [0.25, 0.3) is 0 Å². The van der Waals surface area contributed by atoms with Crippen LogP contribution in [0.2, 0.25) is 0 Å². The molecule has 0 aliphatic carbocycles. The molecule has 3 heterocycles. The normalized spacial score (nSPS) is 11.1. The molecule has 10 heteroatoms. The van der Waals surface area contributed by atoms with E-state index in [0.717, 1.165) is 45.3 Å². The standard InChI is InChI=1S/3C9H16N2.C4H13O3P/c3*1-3-5-6-9-10-7-8-11(9)4-2;1-2-3-4-8(5,6)7/h3*7-8H,3-6H2,1-2H3;5-8H,2-4H2,1H3. The summed E-state index contributed by atoms with van der Waals surface area (Å²) in [6, 6.07) is 0. The molecule has 0 unspecified atom stereocenters. The first kappa shape index (κ1) is 38.9. The second-order valence-electron chi connectivity index (χ2n) is 10.1. The zero-order valence-electron chi connectivity index (χ0n) is 27.1. The minimum atomic E-state index is -3.68. The third kappa shape index (κ3) is 18.9. The van der Waals surface area contributed by atoms with E-state index in [1.807, 2.05) is 44.1 Å². The van der Waals surface area contributed by atoms with Crippen molar-refractivity contribution in [3.8, 4) is 0 Å². The summed E-state index contributed by atoms with van der Waals surface area (Å²) < 4.78 is 6.61. The number of unbranched alkanes of at least 4 members (excludes halogenated alkanes) is 4. The second kappa shape index (κ2) is 24.5. The molecule has 9 nitrogen and oxygen atoms in total. The molecular weight excluding hydrogens is 535 g/mol. The molecule has 0 aromatic carbocycles. The van der Waals surface area contributed by atoms with Gasteiger partial charge in [-0.25, -0.2) is 15.0 Å². The van der Waals surface area contributed by atoms with Gasteiger partial charge in [-0.05, 0) is 40.0 Å². The van der Waals surface area contributed by atoms with E-state index in [2.05, 4.69) is 70.2 Å². The molecule has 0 radical (unpaired) electrons. The molecule has 3 aromatic heterocycles. The van der Waals surface area contributed by atoms with Crippen LogP contribution in [0.15, 0.2) is 37.2 Å². The maximum atomic E-state index is 8.40. The number of nitrogens with zero attached hydrogens (tertiary/aromatic N) is 6. The monoisotopic (exact) mass is 596 g/mol. The van der Waals surface area contributed by atoms with Gasteiger partial charge in [-0.2, -0.15) is 0 Å². The zero-order chi connectivity index (χ0) is 30.9. The third-order valence-electron chi connectivity index (χ3n) is 6.55. The summed E-state index contributed by atoms with van der Waals surface area (Å²) in [7, 11) is -3.68. The molecule has 3 rings (SSSR count). The number of rotatable bonds is 15. The van der Waals surface area contributed by atoms with Gasteiger partial charge >= 0.3 is 48.6 Å². The summed E-state index contributed by atoms with van der Waals surface area (Å²) in [4.78, 5) is 38.1. The molecule has 0 saturated heterocycles. The van der Waals surface area contributed by atoms with Gasteiger partial charge < -0.3 is 13.7 Å². The summed E-state index contributed by atoms with van der Waals surface area (Å²) in [5.74, 6) is 3.69. The predicted molar refractivity (Wildman–Crippen MR) is 174 cm³/mol. The first-order valence-corrected chi connectivity index (χ1v) is 17.9. The first-order valence-electron chi connectivity index (χ1n) is 15.9. The minimum absolute atomic E-state index is 0.170. The average Bonchev–Trinajstić information content (AvgIpc) is 3.73. The Bertz CT molecular complexity index is 871. The molecule has 238 valence electrons. The fraction of sp³-hybridized carbons (Fsp3) is 0.710. The first-order chi connectivity index (χ1) is 19.7. The van der Waals surface area contributed by atoms with Gasteiger partial charge in [0.2, 0.25) is 0 Å². The van der Waals surface area contributed by atoms with Crippen LogP contribution in [0.3, 0.4) is 0 Å². The van der Waals surface area contributed by atoms with Crippen LogP contribution < -0.4 is 0 Å². The van der Waals surface area contributed by atoms with E-state index in [1.165, 1.54) is 56.0 Å². The summed E-state index contributed by atoms with van der Waals surface area (Å²) in [6.07, 6.45) is 24.4. The summed E-state index contributed by atoms with van der Waals surface area (Å²) >= 11 is 0. The number of hydrogen-bond donors (Lipinski definition) is 3. The van der Waals surface area contributed by atoms with Crippen molar-refractivity contribution < 1.29 is 14.7 Å². The van der Waals surface area contributed by atoms with Crippen molar-refractivity contribution in [3.63, 3.8) is 0 Å². The average molecular weight is 597 g/mol. The van der Waals surface area contributed by atoms with E-state index < -0.39 is 7.94 Å². The zero-order valence-corrected chi connectivity index (χ0v) is 28.1. The van der Waals surface area contributed by atoms with Gasteiger partial charge in [0.15, 0.2) is 0 Å². The Hall–Kier alpha value is -2.06. The van der Waals surface area contributed by atoms with Gasteiger partial charge in [0.05, 0.1) is 0 Å². The van der Waals surface area contributed by atoms with E-state index in [-0.39, 0.29) is 6.16 Å². The second-order valence-corrected chi connectivity index (χ2v) is 12.1. The molecule has 3 N–H and O–H groups in total. The molecule has 0 fully saturated rings. The maximum Gasteiger partial charge on any atom is 0.108 e. The Morgan fingerprint density at radius 3 is 1.00 bits per heavy atom. The molecule has 0 spiro atoms. The Balaban J connectivity index is 0.000000525. The Morgan fingerprint density at radius 2 is 0.805 bits per heavy atom. The van der Waals surface area contributed by atoms with Crippen LogP contribution in [0.25, 0.3) is 0 Å². The molecule has 0 amide bonds. The van der Waals surface area contributed by atoms with Crippen molar-refractivity contribution in [2.75, 3.05) is 6.16 Å². The molecule has 0 saturated carbocycles. The number of imidazole rings is 3. The van der Waals surface area contributed by atoms with Crippen molar-refractivity contribution >= 4 is 7.94 Å². The summed E-state index contributed by atoms with van der Waals surface area (Å²) in [5, 5.41) is 0. The largest absolute Gasteiger partial charge is 0.335 e. The van der Waals surface area contributed by atoms with E-state index in [1.54, 1.807) is 0 Å². The smallest absolute Gasteiger partial charge is 0.108 e. The minimum Gasteiger partial charge on any atom is -0.335 e. The fourth-order valence-corrected chi connectivity index (χ4v) is 4.81. The number of hydrogen-bond acceptors (Lipinski definition) is 6. The SMILES string of the molecule is CCCC[PH](O)(O)O.CCCCc1nccn1CC.CCCCc1nccn1CC.CCCCc1nccn1CC. The van der Waals surface area contributed by atoms with Crippen LogP contribution in [0.5, 0.6) is 0 Å². The van der Waals surface area contributed by atoms with Crippen LogP contribution >= 0.6 is 7.94 Å². The Morgan fingerprint density at radius 1 is 0.512 bits per heavy atom. The quantitative estimate of drug-likeness (QED) is 0.163. The van der Waals surface area contributed by atoms with Gasteiger partial charge in [0.1, 0.15) is 17.5 Å². The molecule has 41 heavy (non-hydrogen) atoms. The number of aromatic nitrogens is 6. The molecule has 0 aliphatic rings. The Labute approximate surface area is 250 Å². The Kier molecular flexibility index (Phi) is 23.3. The third-order valence-corrected chi connectivity index (χ3v) is 7.58. The molecule has 3 aromatic rings. The van der Waals surface area contributed by atoms with Gasteiger partial charge in [-0.3, -0.25) is 0 Å².